The Morgan fingerprint density at radius 3 is 1.83 bits per heavy atom. The number of nitrogens with zero attached hydrogens (tertiary/aromatic N) is 4. The molecule has 3 aromatic rings. The minimum absolute atomic E-state index is 0.00245. The predicted octanol–water partition coefficient (Wildman–Crippen LogP) is 6.79. The van der Waals surface area contributed by atoms with E-state index in [2.05, 4.69) is 49.9 Å². The summed E-state index contributed by atoms with van der Waals surface area (Å²) in [5.74, 6) is 0.335. The zero-order valence-corrected chi connectivity index (χ0v) is 33.4. The van der Waals surface area contributed by atoms with Gasteiger partial charge in [0.2, 0.25) is 0 Å². The molecule has 15 nitrogen and oxygen atoms in total. The van der Waals surface area contributed by atoms with Crippen molar-refractivity contribution < 1.29 is 44.6 Å². The molecule has 0 saturated heterocycles. The average Bonchev–Trinajstić information content (AvgIpc) is 3.39. The lowest BCUT2D eigenvalue weighted by molar-refractivity contribution is 0.127. The van der Waals surface area contributed by atoms with Crippen molar-refractivity contribution in [2.24, 2.45) is 0 Å². The molecule has 0 spiro atoms. The highest BCUT2D eigenvalue weighted by Gasteiger charge is 2.28. The third kappa shape index (κ3) is 17.1. The first kappa shape index (κ1) is 43.5. The molecule has 0 amide bonds. The topological polar surface area (TPSA) is 193 Å². The Morgan fingerprint density at radius 1 is 0.851 bits per heavy atom. The lowest BCUT2D eigenvalue weighted by Crippen LogP contribution is -2.10. The van der Waals surface area contributed by atoms with Gasteiger partial charge < -0.3 is 33.1 Å². The molecule has 47 heavy (non-hydrogen) atoms. The summed E-state index contributed by atoms with van der Waals surface area (Å²) in [6, 6.07) is 6.16. The number of anilines is 1. The lowest BCUT2D eigenvalue weighted by atomic mass is 10.2. The fraction of sp³-hybridized carbons (Fsp3) is 0.593. The number of benzene rings is 1. The second kappa shape index (κ2) is 20.8. The number of rotatable bonds is 17. The summed E-state index contributed by atoms with van der Waals surface area (Å²) >= 11 is 3.51. The molecular formula is C27H48BrN5O10P2SSi. The van der Waals surface area contributed by atoms with Crippen molar-refractivity contribution in [2.75, 3.05) is 51.5 Å². The maximum Gasteiger partial charge on any atom is 0.357 e. The van der Waals surface area contributed by atoms with Gasteiger partial charge in [0, 0.05) is 6.54 Å². The van der Waals surface area contributed by atoms with E-state index in [1.54, 1.807) is 50.7 Å². The van der Waals surface area contributed by atoms with Crippen LogP contribution in [0.25, 0.3) is 11.2 Å². The highest BCUT2D eigenvalue weighted by molar-refractivity contribution is 9.26. The Labute approximate surface area is 287 Å². The molecule has 0 unspecified atom stereocenters. The average molecular weight is 805 g/mol. The van der Waals surface area contributed by atoms with Gasteiger partial charge in [-0.25, -0.2) is 15.0 Å². The van der Waals surface area contributed by atoms with Crippen LogP contribution in [0.5, 0.6) is 0 Å². The first-order chi connectivity index (χ1) is 21.9. The first-order valence-electron chi connectivity index (χ1n) is 14.8. The van der Waals surface area contributed by atoms with Crippen LogP contribution in [0.2, 0.25) is 19.6 Å². The first-order valence-corrected chi connectivity index (χ1v) is 25.4. The molecule has 0 aliphatic carbocycles. The molecule has 268 valence electrons. The fourth-order valence-electron chi connectivity index (χ4n) is 3.32. The van der Waals surface area contributed by atoms with Gasteiger partial charge in [-0.15, -0.1) is 15.3 Å². The summed E-state index contributed by atoms with van der Waals surface area (Å²) in [7, 11) is -10.7. The molecule has 1 aromatic carbocycles. The summed E-state index contributed by atoms with van der Waals surface area (Å²) in [5.41, 5.74) is 7.83. The third-order valence-electron chi connectivity index (χ3n) is 5.13. The van der Waals surface area contributed by atoms with Gasteiger partial charge in [-0.05, 0) is 46.8 Å². The molecule has 0 atom stereocenters. The number of nitrogens with two attached hydrogens (primary N) is 1. The number of nitrogen functional groups attached to an aromatic ring is 1. The van der Waals surface area contributed by atoms with Gasteiger partial charge in [0.1, 0.15) is 24.9 Å². The van der Waals surface area contributed by atoms with Crippen LogP contribution in [-0.2, 0) is 52.8 Å². The van der Waals surface area contributed by atoms with Gasteiger partial charge in [0.25, 0.3) is 10.1 Å². The van der Waals surface area contributed by atoms with Crippen LogP contribution < -0.4 is 5.73 Å². The summed E-state index contributed by atoms with van der Waals surface area (Å²) < 4.78 is 80.4. The monoisotopic (exact) mass is 803 g/mol. The number of fused-ring (bicyclic) bond motifs is 1. The van der Waals surface area contributed by atoms with Gasteiger partial charge in [-0.3, -0.25) is 13.3 Å². The van der Waals surface area contributed by atoms with Crippen molar-refractivity contribution in [2.45, 2.75) is 65.7 Å². The molecule has 0 fully saturated rings. The van der Waals surface area contributed by atoms with Gasteiger partial charge in [0.05, 0.1) is 44.3 Å². The van der Waals surface area contributed by atoms with Crippen LogP contribution in [0.15, 0.2) is 41.8 Å². The molecule has 0 saturated carbocycles. The van der Waals surface area contributed by atoms with E-state index in [-0.39, 0.29) is 24.5 Å². The van der Waals surface area contributed by atoms with Crippen molar-refractivity contribution in [3.05, 3.63) is 42.5 Å². The van der Waals surface area contributed by atoms with Crippen LogP contribution in [0.1, 0.15) is 33.3 Å². The molecular weight excluding hydrogens is 756 g/mol. The maximum atomic E-state index is 12.2. The second-order valence-corrected chi connectivity index (χ2v) is 27.3. The van der Waals surface area contributed by atoms with E-state index in [0.717, 1.165) is 5.56 Å². The molecule has 0 aliphatic rings. The summed E-state index contributed by atoms with van der Waals surface area (Å²) in [5, 5.41) is 0. The standard InChI is InChI=1S/C12H20N5O4P.C12H19O6PS.C3H9BrSi/c1-3-20-22(18,21-4-2)9-19-6-5-17-8-16-10-11(13)14-7-15-12(10)17;1-4-16-19(13,17-5-2)10-18-20(14,15)12-8-6-11(3)7-9-12;1-5(2,3)4/h7-8H,3-6,9H2,1-2H3,(H2,13,14,15);6-9H,4-5,10H2,1-3H3;1-3H3. The number of ether oxygens (including phenoxy) is 1. The maximum absolute atomic E-state index is 12.2. The molecule has 0 radical (unpaired) electrons. The Bertz CT molecular complexity index is 1530. The van der Waals surface area contributed by atoms with E-state index >= 15 is 0 Å². The highest BCUT2D eigenvalue weighted by atomic mass is 79.9. The number of aryl methyl sites for hydroxylation is 1. The zero-order valence-electron chi connectivity index (χ0n) is 28.3. The molecule has 2 N–H and O–H groups in total. The predicted molar refractivity (Wildman–Crippen MR) is 189 cm³/mol. The largest absolute Gasteiger partial charge is 0.382 e. The third-order valence-corrected chi connectivity index (χ3v) is 10.1. The number of imidazole rings is 1. The van der Waals surface area contributed by atoms with Crippen molar-refractivity contribution in [3.8, 4) is 0 Å². The Morgan fingerprint density at radius 2 is 1.34 bits per heavy atom. The quantitative estimate of drug-likeness (QED) is 0.0493. The Hall–Kier alpha value is -1.56. The Balaban J connectivity index is 0.000000413. The van der Waals surface area contributed by atoms with Crippen molar-refractivity contribution in [1.82, 2.24) is 19.5 Å². The molecule has 0 aliphatic heterocycles. The van der Waals surface area contributed by atoms with Crippen LogP contribution in [0.3, 0.4) is 0 Å². The van der Waals surface area contributed by atoms with Crippen molar-refractivity contribution >= 4 is 64.3 Å². The number of hydrogen-bond donors (Lipinski definition) is 1. The molecule has 20 heteroatoms. The van der Waals surface area contributed by atoms with E-state index in [1.807, 2.05) is 6.92 Å². The van der Waals surface area contributed by atoms with Crippen LogP contribution in [0, 0.1) is 6.92 Å². The number of aromatic nitrogens is 4. The van der Waals surface area contributed by atoms with Gasteiger partial charge >= 0.3 is 15.2 Å². The normalized spacial score (nSPS) is 12.3. The van der Waals surface area contributed by atoms with E-state index < -0.39 is 38.4 Å². The van der Waals surface area contributed by atoms with Crippen LogP contribution in [0.4, 0.5) is 5.82 Å². The van der Waals surface area contributed by atoms with E-state index in [0.29, 0.717) is 43.3 Å². The fourth-order valence-corrected chi connectivity index (χ4v) is 7.37. The van der Waals surface area contributed by atoms with Gasteiger partial charge in [-0.1, -0.05) is 37.3 Å². The zero-order chi connectivity index (χ0) is 35.7. The second-order valence-electron chi connectivity index (χ2n) is 10.4. The highest BCUT2D eigenvalue weighted by Crippen LogP contribution is 2.49. The van der Waals surface area contributed by atoms with Crippen LogP contribution in [-0.4, -0.2) is 80.4 Å². The SMILES string of the molecule is CCOP(=O)(COCCn1cnc2c(N)ncnc21)OCC.CCOP(=O)(COS(=O)(=O)c1ccc(C)cc1)OCC.C[Si](C)(C)Br. The van der Waals surface area contributed by atoms with Crippen LogP contribution >= 0.6 is 30.5 Å². The smallest absolute Gasteiger partial charge is 0.357 e. The number of hydrogen-bond acceptors (Lipinski definition) is 14. The number of halogens is 1. The summed E-state index contributed by atoms with van der Waals surface area (Å²) in [6.07, 6.45) is 2.28. The van der Waals surface area contributed by atoms with Gasteiger partial charge in [0.15, 0.2) is 17.8 Å². The summed E-state index contributed by atoms with van der Waals surface area (Å²) in [6.45, 7) is 16.3. The lowest BCUT2D eigenvalue weighted by Gasteiger charge is -2.16. The van der Waals surface area contributed by atoms with E-state index in [4.69, 9.17) is 32.7 Å². The minimum Gasteiger partial charge on any atom is -0.382 e. The van der Waals surface area contributed by atoms with Gasteiger partial charge in [-0.2, -0.15) is 8.42 Å². The van der Waals surface area contributed by atoms with Crippen molar-refractivity contribution in [3.63, 3.8) is 0 Å². The molecule has 2 heterocycles. The minimum atomic E-state index is -3.98. The van der Waals surface area contributed by atoms with Crippen molar-refractivity contribution in [1.29, 1.82) is 0 Å². The summed E-state index contributed by atoms with van der Waals surface area (Å²) in [4.78, 5) is 12.2. The van der Waals surface area contributed by atoms with E-state index in [9.17, 15) is 17.5 Å². The molecule has 3 rings (SSSR count). The molecule has 0 bridgehead atoms. The van der Waals surface area contributed by atoms with E-state index in [1.165, 1.54) is 18.5 Å². The Kier molecular flexibility index (Phi) is 19.3. The molecule has 2 aromatic heterocycles.